The maximum atomic E-state index is 12.3. The van der Waals surface area contributed by atoms with Crippen molar-refractivity contribution in [2.45, 2.75) is 25.7 Å². The second kappa shape index (κ2) is 6.60. The molecule has 0 saturated carbocycles. The van der Waals surface area contributed by atoms with Crippen LogP contribution in [0, 0.1) is 3.57 Å². The summed E-state index contributed by atoms with van der Waals surface area (Å²) in [6, 6.07) is 5.27. The second-order valence-electron chi connectivity index (χ2n) is 4.54. The fraction of sp³-hybridized carbons (Fsp3) is 0.500. The van der Waals surface area contributed by atoms with E-state index in [0.717, 1.165) is 29.3 Å². The fourth-order valence-corrected chi connectivity index (χ4v) is 4.09. The highest BCUT2D eigenvalue weighted by Crippen LogP contribution is 2.26. The molecule has 1 fully saturated rings. The summed E-state index contributed by atoms with van der Waals surface area (Å²) in [6.45, 7) is 1.16. The Balaban J connectivity index is 2.18. The summed E-state index contributed by atoms with van der Waals surface area (Å²) in [5.74, 6) is 0. The first kappa shape index (κ1) is 15.3. The van der Waals surface area contributed by atoms with Gasteiger partial charge < -0.3 is 0 Å². The zero-order valence-electron chi connectivity index (χ0n) is 10.4. The normalized spacial score (nSPS) is 18.0. The molecule has 4 nitrogen and oxygen atoms in total. The highest BCUT2D eigenvalue weighted by atomic mass is 127. The van der Waals surface area contributed by atoms with Gasteiger partial charge in [-0.3, -0.25) is 4.72 Å². The van der Waals surface area contributed by atoms with E-state index in [4.69, 9.17) is 11.6 Å². The van der Waals surface area contributed by atoms with Crippen LogP contribution in [-0.2, 0) is 10.2 Å². The molecule has 0 atom stereocenters. The first-order chi connectivity index (χ1) is 8.99. The van der Waals surface area contributed by atoms with Gasteiger partial charge >= 0.3 is 10.2 Å². The van der Waals surface area contributed by atoms with Crippen molar-refractivity contribution in [1.82, 2.24) is 4.31 Å². The summed E-state index contributed by atoms with van der Waals surface area (Å²) < 4.78 is 29.7. The molecule has 0 spiro atoms. The predicted molar refractivity (Wildman–Crippen MR) is 86.8 cm³/mol. The Hall–Kier alpha value is -0.0500. The molecule has 0 aromatic heterocycles. The average Bonchev–Trinajstić information content (AvgIpc) is 2.63. The molecule has 1 aliphatic heterocycles. The van der Waals surface area contributed by atoms with Gasteiger partial charge in [-0.15, -0.1) is 0 Å². The summed E-state index contributed by atoms with van der Waals surface area (Å²) in [5, 5.41) is 0.416. The van der Waals surface area contributed by atoms with E-state index in [-0.39, 0.29) is 0 Å². The Labute approximate surface area is 132 Å². The second-order valence-corrected chi connectivity index (χ2v) is 7.87. The van der Waals surface area contributed by atoms with Gasteiger partial charge in [0.05, 0.1) is 10.7 Å². The molecule has 7 heteroatoms. The highest BCUT2D eigenvalue weighted by molar-refractivity contribution is 14.1. The number of hydrogen-bond donors (Lipinski definition) is 1. The van der Waals surface area contributed by atoms with Crippen LogP contribution in [0.3, 0.4) is 0 Å². The van der Waals surface area contributed by atoms with Crippen LogP contribution in [-0.4, -0.2) is 25.8 Å². The number of rotatable bonds is 3. The Bertz CT molecular complexity index is 543. The summed E-state index contributed by atoms with van der Waals surface area (Å²) in [4.78, 5) is 0. The third-order valence-electron chi connectivity index (χ3n) is 3.07. The lowest BCUT2D eigenvalue weighted by molar-refractivity contribution is 0.427. The number of nitrogens with one attached hydrogen (secondary N) is 1. The third-order valence-corrected chi connectivity index (χ3v) is 5.60. The van der Waals surface area contributed by atoms with Crippen molar-refractivity contribution in [3.8, 4) is 0 Å². The van der Waals surface area contributed by atoms with Crippen molar-refractivity contribution in [1.29, 1.82) is 0 Å². The number of anilines is 1. The zero-order valence-corrected chi connectivity index (χ0v) is 14.1. The van der Waals surface area contributed by atoms with Gasteiger partial charge in [0.1, 0.15) is 0 Å². The Kier molecular flexibility index (Phi) is 5.33. The predicted octanol–water partition coefficient (Wildman–Crippen LogP) is 3.48. The van der Waals surface area contributed by atoms with Crippen LogP contribution in [0.5, 0.6) is 0 Å². The maximum Gasteiger partial charge on any atom is 0.301 e. The Morgan fingerprint density at radius 2 is 1.79 bits per heavy atom. The molecule has 1 saturated heterocycles. The van der Waals surface area contributed by atoms with Crippen molar-refractivity contribution in [3.63, 3.8) is 0 Å². The van der Waals surface area contributed by atoms with E-state index in [2.05, 4.69) is 27.3 Å². The van der Waals surface area contributed by atoms with Crippen LogP contribution in [0.25, 0.3) is 0 Å². The minimum absolute atomic E-state index is 0.416. The molecule has 0 radical (unpaired) electrons. The Morgan fingerprint density at radius 1 is 1.16 bits per heavy atom. The number of nitrogens with zero attached hydrogens (tertiary/aromatic N) is 1. The molecule has 19 heavy (non-hydrogen) atoms. The summed E-state index contributed by atoms with van der Waals surface area (Å²) in [7, 11) is -3.50. The fourth-order valence-electron chi connectivity index (χ4n) is 2.06. The topological polar surface area (TPSA) is 49.4 Å². The molecule has 2 rings (SSSR count). The van der Waals surface area contributed by atoms with Crippen molar-refractivity contribution in [3.05, 3.63) is 26.8 Å². The van der Waals surface area contributed by atoms with Crippen LogP contribution in [0.4, 0.5) is 5.69 Å². The number of hydrogen-bond acceptors (Lipinski definition) is 2. The molecule has 106 valence electrons. The van der Waals surface area contributed by atoms with Crippen molar-refractivity contribution in [2.24, 2.45) is 0 Å². The molecule has 0 bridgehead atoms. The van der Waals surface area contributed by atoms with Gasteiger partial charge in [0, 0.05) is 16.7 Å². The zero-order chi connectivity index (χ0) is 13.9. The van der Waals surface area contributed by atoms with E-state index in [1.165, 1.54) is 4.31 Å². The van der Waals surface area contributed by atoms with Crippen molar-refractivity contribution < 1.29 is 8.42 Å². The molecule has 1 aromatic carbocycles. The quantitative estimate of drug-likeness (QED) is 0.770. The SMILES string of the molecule is O=S(=O)(Nc1cc(I)ccc1Cl)N1CCCCCC1. The standard InChI is InChI=1S/C12H16ClIN2O2S/c13-11-6-5-10(14)9-12(11)15-19(17,18)16-7-3-1-2-4-8-16/h5-6,9,15H,1-4,7-8H2. The largest absolute Gasteiger partial charge is 0.301 e. The highest BCUT2D eigenvalue weighted by Gasteiger charge is 2.23. The van der Waals surface area contributed by atoms with E-state index in [0.29, 0.717) is 23.8 Å². The lowest BCUT2D eigenvalue weighted by Crippen LogP contribution is -2.36. The van der Waals surface area contributed by atoms with Gasteiger partial charge in [-0.05, 0) is 53.6 Å². The van der Waals surface area contributed by atoms with Crippen LogP contribution in [0.1, 0.15) is 25.7 Å². The number of benzene rings is 1. The first-order valence-corrected chi connectivity index (χ1v) is 9.12. The van der Waals surface area contributed by atoms with Crippen LogP contribution >= 0.6 is 34.2 Å². The molecule has 0 unspecified atom stereocenters. The van der Waals surface area contributed by atoms with E-state index in [9.17, 15) is 8.42 Å². The van der Waals surface area contributed by atoms with Crippen molar-refractivity contribution in [2.75, 3.05) is 17.8 Å². The lowest BCUT2D eigenvalue weighted by atomic mass is 10.2. The van der Waals surface area contributed by atoms with Crippen molar-refractivity contribution >= 4 is 50.1 Å². The van der Waals surface area contributed by atoms with Gasteiger partial charge in [0.25, 0.3) is 0 Å². The van der Waals surface area contributed by atoms with Gasteiger partial charge in [-0.2, -0.15) is 12.7 Å². The maximum absolute atomic E-state index is 12.3. The van der Waals surface area contributed by atoms with Crippen LogP contribution in [0.15, 0.2) is 18.2 Å². The molecule has 0 aliphatic carbocycles. The average molecular weight is 415 g/mol. The summed E-state index contributed by atoms with van der Waals surface area (Å²) >= 11 is 8.15. The van der Waals surface area contributed by atoms with E-state index in [1.54, 1.807) is 12.1 Å². The van der Waals surface area contributed by atoms with E-state index >= 15 is 0 Å². The molecule has 1 heterocycles. The minimum atomic E-state index is -3.50. The molecular formula is C12H16ClIN2O2S. The van der Waals surface area contributed by atoms with E-state index in [1.807, 2.05) is 6.07 Å². The summed E-state index contributed by atoms with van der Waals surface area (Å²) in [6.07, 6.45) is 4.02. The van der Waals surface area contributed by atoms with Crippen LogP contribution < -0.4 is 4.72 Å². The van der Waals surface area contributed by atoms with E-state index < -0.39 is 10.2 Å². The summed E-state index contributed by atoms with van der Waals surface area (Å²) in [5.41, 5.74) is 0.442. The van der Waals surface area contributed by atoms with Gasteiger partial charge in [-0.25, -0.2) is 0 Å². The molecule has 1 aliphatic rings. The van der Waals surface area contributed by atoms with Gasteiger partial charge in [-0.1, -0.05) is 24.4 Å². The molecule has 0 amide bonds. The third kappa shape index (κ3) is 4.21. The lowest BCUT2D eigenvalue weighted by Gasteiger charge is -2.21. The molecule has 1 aromatic rings. The molecule has 1 N–H and O–H groups in total. The first-order valence-electron chi connectivity index (χ1n) is 6.22. The van der Waals surface area contributed by atoms with Gasteiger partial charge in [0.15, 0.2) is 0 Å². The molecular weight excluding hydrogens is 399 g/mol. The monoisotopic (exact) mass is 414 g/mol. The van der Waals surface area contributed by atoms with Gasteiger partial charge in [0.2, 0.25) is 0 Å². The Morgan fingerprint density at radius 3 is 2.42 bits per heavy atom. The number of halogens is 2. The van der Waals surface area contributed by atoms with Crippen LogP contribution in [0.2, 0.25) is 5.02 Å². The smallest absolute Gasteiger partial charge is 0.269 e. The minimum Gasteiger partial charge on any atom is -0.269 e.